The van der Waals surface area contributed by atoms with Crippen LogP contribution in [0.5, 0.6) is 11.8 Å². The van der Waals surface area contributed by atoms with Crippen molar-refractivity contribution in [1.82, 2.24) is 9.55 Å². The van der Waals surface area contributed by atoms with Gasteiger partial charge in [0.15, 0.2) is 0 Å². The number of aliphatic hydroxyl groups is 1. The summed E-state index contributed by atoms with van der Waals surface area (Å²) in [6, 6.07) is 16.1. The molecule has 1 aliphatic heterocycles. The molecule has 0 saturated carbocycles. The van der Waals surface area contributed by atoms with Crippen molar-refractivity contribution in [2.75, 3.05) is 19.8 Å². The average Bonchev–Trinajstić information content (AvgIpc) is 3.22. The van der Waals surface area contributed by atoms with Gasteiger partial charge in [0.2, 0.25) is 0 Å². The molecule has 2 heterocycles. The molecule has 0 radical (unpaired) electrons. The highest BCUT2D eigenvalue weighted by Gasteiger charge is 2.28. The van der Waals surface area contributed by atoms with Crippen molar-refractivity contribution in [2.45, 2.75) is 25.7 Å². The molecule has 0 saturated heterocycles. The summed E-state index contributed by atoms with van der Waals surface area (Å²) in [5.74, 6) is 0.531. The Bertz CT molecular complexity index is 1050. The van der Waals surface area contributed by atoms with Gasteiger partial charge in [0.05, 0.1) is 19.8 Å². The molecule has 0 unspecified atom stereocenters. The van der Waals surface area contributed by atoms with Gasteiger partial charge in [-0.1, -0.05) is 30.3 Å². The molecular formula is C22H23N3O6. The molecule has 162 valence electrons. The van der Waals surface area contributed by atoms with Crippen molar-refractivity contribution < 1.29 is 24.2 Å². The molecule has 4 rings (SSSR count). The maximum absolute atomic E-state index is 10.9. The number of fused-ring (bicyclic) bond motifs is 1. The van der Waals surface area contributed by atoms with Gasteiger partial charge in [-0.05, 0) is 39.8 Å². The standard InChI is InChI=1S/C22H23N3O6/c26-8-3-9-29-19-7-2-6-18(11-19)17-5-1-4-16(10-17)14-30-20-12-24-13-21(25(27)28)23-22(24)31-15-20/h1-2,4-7,10-11,13,20,26H,3,8-9,12,14-15H2/t20-/m0/s1. The maximum Gasteiger partial charge on any atom is 0.414 e. The number of aliphatic hydroxyl groups excluding tert-OH is 1. The highest BCUT2D eigenvalue weighted by molar-refractivity contribution is 5.65. The first kappa shape index (κ1) is 20.8. The predicted octanol–water partition coefficient (Wildman–Crippen LogP) is 3.20. The predicted molar refractivity (Wildman–Crippen MR) is 112 cm³/mol. The molecule has 0 amide bonds. The van der Waals surface area contributed by atoms with E-state index in [4.69, 9.17) is 19.3 Å². The number of hydrogen-bond donors (Lipinski definition) is 1. The van der Waals surface area contributed by atoms with Gasteiger partial charge in [0.25, 0.3) is 0 Å². The zero-order chi connectivity index (χ0) is 21.6. The van der Waals surface area contributed by atoms with Crippen LogP contribution in [-0.2, 0) is 17.9 Å². The van der Waals surface area contributed by atoms with Gasteiger partial charge >= 0.3 is 11.8 Å². The van der Waals surface area contributed by atoms with E-state index in [2.05, 4.69) is 11.1 Å². The Morgan fingerprint density at radius 2 is 2.03 bits per heavy atom. The molecule has 0 fully saturated rings. The molecule has 0 bridgehead atoms. The molecule has 0 spiro atoms. The van der Waals surface area contributed by atoms with Gasteiger partial charge in [-0.3, -0.25) is 4.57 Å². The second-order valence-corrected chi connectivity index (χ2v) is 7.19. The van der Waals surface area contributed by atoms with Crippen LogP contribution in [0.15, 0.2) is 54.7 Å². The first-order valence-electron chi connectivity index (χ1n) is 10.0. The minimum atomic E-state index is -0.539. The molecule has 1 aliphatic rings. The summed E-state index contributed by atoms with van der Waals surface area (Å²) < 4.78 is 18.7. The van der Waals surface area contributed by atoms with E-state index in [0.29, 0.717) is 32.8 Å². The lowest BCUT2D eigenvalue weighted by atomic mass is 10.0. The highest BCUT2D eigenvalue weighted by atomic mass is 16.6. The first-order valence-corrected chi connectivity index (χ1v) is 10.0. The van der Waals surface area contributed by atoms with E-state index < -0.39 is 4.92 Å². The molecule has 1 N–H and O–H groups in total. The fraction of sp³-hybridized carbons (Fsp3) is 0.318. The lowest BCUT2D eigenvalue weighted by Crippen LogP contribution is -2.32. The van der Waals surface area contributed by atoms with E-state index in [1.807, 2.05) is 42.5 Å². The summed E-state index contributed by atoms with van der Waals surface area (Å²) >= 11 is 0. The fourth-order valence-corrected chi connectivity index (χ4v) is 3.33. The minimum Gasteiger partial charge on any atom is -0.493 e. The molecule has 2 aromatic carbocycles. The zero-order valence-electron chi connectivity index (χ0n) is 16.8. The lowest BCUT2D eigenvalue weighted by Gasteiger charge is -2.22. The van der Waals surface area contributed by atoms with Crippen LogP contribution in [0.2, 0.25) is 0 Å². The molecule has 31 heavy (non-hydrogen) atoms. The number of nitrogens with zero attached hydrogens (tertiary/aromatic N) is 3. The second-order valence-electron chi connectivity index (χ2n) is 7.19. The Morgan fingerprint density at radius 3 is 2.84 bits per heavy atom. The Labute approximate surface area is 179 Å². The molecule has 9 nitrogen and oxygen atoms in total. The summed E-state index contributed by atoms with van der Waals surface area (Å²) in [5.41, 5.74) is 3.08. The van der Waals surface area contributed by atoms with E-state index in [9.17, 15) is 10.1 Å². The highest BCUT2D eigenvalue weighted by Crippen LogP contribution is 2.26. The van der Waals surface area contributed by atoms with Crippen molar-refractivity contribution in [3.8, 4) is 22.9 Å². The number of imidazole rings is 1. The summed E-state index contributed by atoms with van der Waals surface area (Å²) in [5, 5.41) is 19.8. The molecule has 0 aliphatic carbocycles. The third-order valence-corrected chi connectivity index (χ3v) is 4.86. The van der Waals surface area contributed by atoms with Crippen LogP contribution in [-0.4, -0.2) is 45.5 Å². The van der Waals surface area contributed by atoms with Gasteiger partial charge in [-0.15, -0.1) is 0 Å². The molecule has 3 aromatic rings. The van der Waals surface area contributed by atoms with Crippen molar-refractivity contribution >= 4 is 5.82 Å². The number of benzene rings is 2. The lowest BCUT2D eigenvalue weighted by molar-refractivity contribution is -0.389. The summed E-state index contributed by atoms with van der Waals surface area (Å²) in [4.78, 5) is 14.2. The molecule has 9 heteroatoms. The Balaban J connectivity index is 1.38. The normalized spacial score (nSPS) is 15.2. The smallest absolute Gasteiger partial charge is 0.414 e. The number of rotatable bonds is 9. The van der Waals surface area contributed by atoms with Gasteiger partial charge in [-0.25, -0.2) is 0 Å². The summed E-state index contributed by atoms with van der Waals surface area (Å²) in [7, 11) is 0. The third kappa shape index (κ3) is 5.19. The fourth-order valence-electron chi connectivity index (χ4n) is 3.33. The summed E-state index contributed by atoms with van der Waals surface area (Å²) in [6.45, 7) is 1.71. The average molecular weight is 425 g/mol. The zero-order valence-corrected chi connectivity index (χ0v) is 16.8. The Kier molecular flexibility index (Phi) is 6.44. The van der Waals surface area contributed by atoms with Crippen LogP contribution < -0.4 is 9.47 Å². The van der Waals surface area contributed by atoms with E-state index in [1.54, 1.807) is 4.57 Å². The Morgan fingerprint density at radius 1 is 1.23 bits per heavy atom. The maximum atomic E-state index is 10.9. The van der Waals surface area contributed by atoms with Crippen LogP contribution in [0.4, 0.5) is 5.82 Å². The van der Waals surface area contributed by atoms with Crippen molar-refractivity contribution in [3.05, 3.63) is 70.4 Å². The number of nitro groups is 1. The number of hydrogen-bond acceptors (Lipinski definition) is 7. The van der Waals surface area contributed by atoms with Gasteiger partial charge in [0.1, 0.15) is 24.7 Å². The monoisotopic (exact) mass is 425 g/mol. The quantitative estimate of drug-likeness (QED) is 0.319. The van der Waals surface area contributed by atoms with Crippen molar-refractivity contribution in [3.63, 3.8) is 0 Å². The topological polar surface area (TPSA) is 109 Å². The largest absolute Gasteiger partial charge is 0.493 e. The van der Waals surface area contributed by atoms with E-state index in [1.165, 1.54) is 6.20 Å². The summed E-state index contributed by atoms with van der Waals surface area (Å²) in [6.07, 6.45) is 1.73. The van der Waals surface area contributed by atoms with E-state index in [-0.39, 0.29) is 24.5 Å². The number of aromatic nitrogens is 2. The first-order chi connectivity index (χ1) is 15.1. The molecule has 1 atom stereocenters. The molecular weight excluding hydrogens is 402 g/mol. The van der Waals surface area contributed by atoms with Crippen LogP contribution >= 0.6 is 0 Å². The van der Waals surface area contributed by atoms with E-state index in [0.717, 1.165) is 22.4 Å². The number of ether oxygens (including phenoxy) is 3. The van der Waals surface area contributed by atoms with Crippen molar-refractivity contribution in [1.29, 1.82) is 0 Å². The van der Waals surface area contributed by atoms with Gasteiger partial charge in [0, 0.05) is 18.0 Å². The van der Waals surface area contributed by atoms with Gasteiger partial charge < -0.3 is 29.4 Å². The Hall–Kier alpha value is -3.43. The van der Waals surface area contributed by atoms with Crippen LogP contribution in [0.3, 0.4) is 0 Å². The van der Waals surface area contributed by atoms with Crippen LogP contribution in [0.1, 0.15) is 12.0 Å². The van der Waals surface area contributed by atoms with Crippen LogP contribution in [0, 0.1) is 10.1 Å². The second kappa shape index (κ2) is 9.59. The molecule has 1 aromatic heterocycles. The third-order valence-electron chi connectivity index (χ3n) is 4.86. The van der Waals surface area contributed by atoms with Crippen LogP contribution in [0.25, 0.3) is 11.1 Å². The SMILES string of the molecule is O=[N+]([O-])c1cn2c(n1)OC[C@@H](OCc1cccc(-c3cccc(OCCCO)c3)c1)C2. The minimum absolute atomic E-state index is 0.104. The van der Waals surface area contributed by atoms with Crippen molar-refractivity contribution in [2.24, 2.45) is 0 Å². The van der Waals surface area contributed by atoms with E-state index >= 15 is 0 Å². The van der Waals surface area contributed by atoms with Gasteiger partial charge in [-0.2, -0.15) is 0 Å².